The van der Waals surface area contributed by atoms with Gasteiger partial charge in [0, 0.05) is 47.9 Å². The minimum Gasteiger partial charge on any atom is -0.322 e. The van der Waals surface area contributed by atoms with E-state index in [1.165, 1.54) is 35.6 Å². The van der Waals surface area contributed by atoms with Crippen molar-refractivity contribution < 1.29 is 18.0 Å². The molecule has 0 fully saturated rings. The van der Waals surface area contributed by atoms with Gasteiger partial charge in [0.05, 0.1) is 29.5 Å². The molecule has 3 heterocycles. The Hall–Kier alpha value is -5.13. The molecule has 1 N–H and O–H groups in total. The topological polar surface area (TPSA) is 102 Å². The van der Waals surface area contributed by atoms with Gasteiger partial charge in [-0.15, -0.1) is 0 Å². The standard InChI is InChI=1S/C27H21F3N8O/c1-17-4-5-19(10-23(17)38(24-14-31-8-9-32-24)26-33-6-3-7-34-26)25(39)36-21-11-20(27(28,29)30)12-22(13-21)37-15-18(2)35-16-37/h3-16H,1-2H3,(H,36,39). The number of carbonyl (C=O) groups is 1. The number of carbonyl (C=O) groups excluding carboxylic acids is 1. The highest BCUT2D eigenvalue weighted by molar-refractivity contribution is 6.05. The van der Waals surface area contributed by atoms with Crippen LogP contribution in [0.15, 0.2) is 86.0 Å². The van der Waals surface area contributed by atoms with Gasteiger partial charge in [-0.3, -0.25) is 14.7 Å². The van der Waals surface area contributed by atoms with Gasteiger partial charge in [0.15, 0.2) is 5.82 Å². The fraction of sp³-hybridized carbons (Fsp3) is 0.111. The van der Waals surface area contributed by atoms with Crippen molar-refractivity contribution in [3.63, 3.8) is 0 Å². The number of alkyl halides is 3. The quantitative estimate of drug-likeness (QED) is 0.296. The molecule has 0 saturated carbocycles. The lowest BCUT2D eigenvalue weighted by atomic mass is 10.1. The minimum atomic E-state index is -4.62. The Morgan fingerprint density at radius 1 is 0.949 bits per heavy atom. The van der Waals surface area contributed by atoms with Gasteiger partial charge in [0.25, 0.3) is 5.91 Å². The molecule has 196 valence electrons. The predicted octanol–water partition coefficient (Wildman–Crippen LogP) is 5.81. The molecule has 1 amide bonds. The number of imidazole rings is 1. The van der Waals surface area contributed by atoms with E-state index in [9.17, 15) is 18.0 Å². The first-order valence-electron chi connectivity index (χ1n) is 11.7. The Morgan fingerprint density at radius 3 is 2.41 bits per heavy atom. The third-order valence-corrected chi connectivity index (χ3v) is 5.76. The summed E-state index contributed by atoms with van der Waals surface area (Å²) in [6, 6.07) is 9.92. The molecule has 12 heteroatoms. The van der Waals surface area contributed by atoms with E-state index in [-0.39, 0.29) is 16.9 Å². The van der Waals surface area contributed by atoms with E-state index < -0.39 is 17.6 Å². The Bertz CT molecular complexity index is 1580. The van der Waals surface area contributed by atoms with Gasteiger partial charge in [-0.25, -0.2) is 19.9 Å². The summed E-state index contributed by atoms with van der Waals surface area (Å²) in [7, 11) is 0. The molecule has 0 aliphatic heterocycles. The lowest BCUT2D eigenvalue weighted by molar-refractivity contribution is -0.137. The molecule has 0 atom stereocenters. The van der Waals surface area contributed by atoms with Crippen LogP contribution < -0.4 is 10.2 Å². The zero-order valence-electron chi connectivity index (χ0n) is 20.8. The largest absolute Gasteiger partial charge is 0.416 e. The summed E-state index contributed by atoms with van der Waals surface area (Å²) in [4.78, 5) is 36.1. The smallest absolute Gasteiger partial charge is 0.322 e. The number of nitrogens with zero attached hydrogens (tertiary/aromatic N) is 7. The Balaban J connectivity index is 1.52. The molecule has 3 aromatic heterocycles. The Kier molecular flexibility index (Phi) is 6.75. The predicted molar refractivity (Wildman–Crippen MR) is 138 cm³/mol. The van der Waals surface area contributed by atoms with Crippen molar-refractivity contribution in [2.45, 2.75) is 20.0 Å². The summed E-state index contributed by atoms with van der Waals surface area (Å²) in [6.07, 6.45) is 6.12. The molecular weight excluding hydrogens is 509 g/mol. The van der Waals surface area contributed by atoms with Crippen molar-refractivity contribution in [2.75, 3.05) is 10.2 Å². The number of aromatic nitrogens is 6. The summed E-state index contributed by atoms with van der Waals surface area (Å²) in [5.74, 6) is 0.121. The Labute approximate surface area is 221 Å². The summed E-state index contributed by atoms with van der Waals surface area (Å²) in [5, 5.41) is 2.60. The number of benzene rings is 2. The van der Waals surface area contributed by atoms with Gasteiger partial charge in [-0.2, -0.15) is 13.2 Å². The number of nitrogens with one attached hydrogen (secondary N) is 1. The summed E-state index contributed by atoms with van der Waals surface area (Å²) >= 11 is 0. The van der Waals surface area contributed by atoms with Crippen LogP contribution in [0.3, 0.4) is 0 Å². The van der Waals surface area contributed by atoms with Crippen molar-refractivity contribution in [1.82, 2.24) is 29.5 Å². The molecule has 0 radical (unpaired) electrons. The van der Waals surface area contributed by atoms with Crippen LogP contribution in [0.25, 0.3) is 5.69 Å². The van der Waals surface area contributed by atoms with E-state index in [0.717, 1.165) is 17.7 Å². The maximum absolute atomic E-state index is 13.7. The van der Waals surface area contributed by atoms with Gasteiger partial charge >= 0.3 is 6.18 Å². The molecule has 0 bridgehead atoms. The first-order chi connectivity index (χ1) is 18.7. The lowest BCUT2D eigenvalue weighted by Gasteiger charge is -2.23. The number of anilines is 4. The monoisotopic (exact) mass is 530 g/mol. The number of hydrogen-bond donors (Lipinski definition) is 1. The molecule has 5 rings (SSSR count). The average Bonchev–Trinajstić information content (AvgIpc) is 3.37. The fourth-order valence-corrected chi connectivity index (χ4v) is 3.90. The van der Waals surface area contributed by atoms with Gasteiger partial charge in [0.1, 0.15) is 0 Å². The molecule has 2 aromatic carbocycles. The molecule has 0 unspecified atom stereocenters. The fourth-order valence-electron chi connectivity index (χ4n) is 3.90. The minimum absolute atomic E-state index is 0.0181. The highest BCUT2D eigenvalue weighted by Gasteiger charge is 2.31. The van der Waals surface area contributed by atoms with Gasteiger partial charge in [0.2, 0.25) is 5.95 Å². The van der Waals surface area contributed by atoms with Gasteiger partial charge < -0.3 is 9.88 Å². The van der Waals surface area contributed by atoms with Gasteiger partial charge in [-0.1, -0.05) is 6.07 Å². The van der Waals surface area contributed by atoms with Crippen LogP contribution >= 0.6 is 0 Å². The van der Waals surface area contributed by atoms with Crippen LogP contribution in [0.1, 0.15) is 27.2 Å². The van der Waals surface area contributed by atoms with Crippen LogP contribution in [0, 0.1) is 13.8 Å². The third kappa shape index (κ3) is 5.59. The van der Waals surface area contributed by atoms with E-state index in [1.54, 1.807) is 54.7 Å². The first-order valence-corrected chi connectivity index (χ1v) is 11.7. The van der Waals surface area contributed by atoms with Crippen molar-refractivity contribution in [3.05, 3.63) is 108 Å². The normalized spacial score (nSPS) is 11.3. The second-order valence-electron chi connectivity index (χ2n) is 8.59. The van der Waals surface area contributed by atoms with Gasteiger partial charge in [-0.05, 0) is 55.8 Å². The van der Waals surface area contributed by atoms with Crippen LogP contribution in [0.5, 0.6) is 0 Å². The number of hydrogen-bond acceptors (Lipinski definition) is 7. The van der Waals surface area contributed by atoms with Crippen molar-refractivity contribution in [3.8, 4) is 5.69 Å². The summed E-state index contributed by atoms with van der Waals surface area (Å²) in [5.41, 5.74) is 1.46. The molecule has 0 saturated heterocycles. The van der Waals surface area contributed by atoms with Crippen molar-refractivity contribution in [1.29, 1.82) is 0 Å². The van der Waals surface area contributed by atoms with E-state index in [4.69, 9.17) is 0 Å². The summed E-state index contributed by atoms with van der Waals surface area (Å²) in [6.45, 7) is 3.57. The maximum atomic E-state index is 13.7. The second-order valence-corrected chi connectivity index (χ2v) is 8.59. The zero-order chi connectivity index (χ0) is 27.6. The molecule has 5 aromatic rings. The number of rotatable bonds is 6. The molecule has 0 spiro atoms. The average molecular weight is 531 g/mol. The SMILES string of the molecule is Cc1cn(-c2cc(NC(=O)c3ccc(C)c(N(c4cnccn4)c4ncccn4)c3)cc(C(F)(F)F)c2)cn1. The first kappa shape index (κ1) is 25.5. The molecular formula is C27H21F3N8O. The van der Waals surface area contributed by atoms with Crippen molar-refractivity contribution >= 4 is 29.0 Å². The third-order valence-electron chi connectivity index (χ3n) is 5.76. The van der Waals surface area contributed by atoms with Crippen molar-refractivity contribution in [2.24, 2.45) is 0 Å². The number of halogens is 3. The molecule has 39 heavy (non-hydrogen) atoms. The Morgan fingerprint density at radius 2 is 1.74 bits per heavy atom. The summed E-state index contributed by atoms with van der Waals surface area (Å²) < 4.78 is 42.5. The van der Waals surface area contributed by atoms with Crippen LogP contribution in [-0.2, 0) is 6.18 Å². The second kappa shape index (κ2) is 10.3. The molecule has 0 aliphatic rings. The van der Waals surface area contributed by atoms with E-state index in [1.807, 2.05) is 6.92 Å². The highest BCUT2D eigenvalue weighted by atomic mass is 19.4. The molecule has 0 aliphatic carbocycles. The van der Waals surface area contributed by atoms with Crippen LogP contribution in [-0.4, -0.2) is 35.4 Å². The number of aryl methyl sites for hydroxylation is 2. The highest BCUT2D eigenvalue weighted by Crippen LogP contribution is 2.35. The maximum Gasteiger partial charge on any atom is 0.416 e. The lowest BCUT2D eigenvalue weighted by Crippen LogP contribution is -2.18. The number of amides is 1. The van der Waals surface area contributed by atoms with E-state index in [2.05, 4.69) is 30.2 Å². The zero-order valence-corrected chi connectivity index (χ0v) is 20.8. The van der Waals surface area contributed by atoms with Crippen LogP contribution in [0.4, 0.5) is 36.3 Å². The molecule has 9 nitrogen and oxygen atoms in total. The van der Waals surface area contributed by atoms with E-state index >= 15 is 0 Å². The van der Waals surface area contributed by atoms with Crippen LogP contribution in [0.2, 0.25) is 0 Å². The van der Waals surface area contributed by atoms with E-state index in [0.29, 0.717) is 23.1 Å².